The lowest BCUT2D eigenvalue weighted by atomic mass is 9.84. The molecule has 0 spiro atoms. The molecule has 11 rings (SSSR count). The quantitative estimate of drug-likeness (QED) is 0.171. The summed E-state index contributed by atoms with van der Waals surface area (Å²) in [6.45, 7) is 2.06. The molecule has 0 fully saturated rings. The van der Waals surface area contributed by atoms with Gasteiger partial charge in [-0.15, -0.1) is 0 Å². The molecular formula is C49H32N2O2S. The zero-order chi connectivity index (χ0) is 36.1. The fraction of sp³-hybridized carbons (Fsp3) is 0.0408. The van der Waals surface area contributed by atoms with E-state index >= 15 is 0 Å². The largest absolute Gasteiger partial charge is 0.294 e. The van der Waals surface area contributed by atoms with E-state index in [9.17, 15) is 8.42 Å². The van der Waals surface area contributed by atoms with Crippen LogP contribution in [0.4, 0.5) is 0 Å². The highest BCUT2D eigenvalue weighted by Gasteiger charge is 2.33. The minimum atomic E-state index is -3.80. The van der Waals surface area contributed by atoms with Crippen molar-refractivity contribution in [3.05, 3.63) is 170 Å². The Labute approximate surface area is 312 Å². The van der Waals surface area contributed by atoms with Crippen molar-refractivity contribution in [1.29, 1.82) is 0 Å². The topological polar surface area (TPSA) is 52.0 Å². The van der Waals surface area contributed by atoms with Gasteiger partial charge in [-0.25, -0.2) is 13.4 Å². The number of imidazole rings is 1. The molecule has 0 aliphatic carbocycles. The third kappa shape index (κ3) is 4.42. The minimum Gasteiger partial charge on any atom is -0.294 e. The van der Waals surface area contributed by atoms with Crippen LogP contribution in [0.3, 0.4) is 0 Å². The van der Waals surface area contributed by atoms with Crippen LogP contribution in [0.5, 0.6) is 0 Å². The maximum atomic E-state index is 14.3. The molecule has 1 aliphatic rings. The second kappa shape index (κ2) is 11.5. The standard InChI is InChI=1S/C49H32N2O2S/c1-2-46-50-42-16-9-17-44-49(42)51(46)43-25-23-35(29-45(43)54(44,52)53)34-22-24-40-41(28-34)48(37-21-19-31-11-4-6-13-33(31)27-37)39-15-8-7-14-38(39)47(40)36-20-18-30-10-3-5-12-32(30)26-36/h3-29H,2H2,1H3. The summed E-state index contributed by atoms with van der Waals surface area (Å²) in [6, 6.07) is 57.0. The van der Waals surface area contributed by atoms with Crippen molar-refractivity contribution in [2.45, 2.75) is 23.1 Å². The van der Waals surface area contributed by atoms with Crippen LogP contribution in [-0.4, -0.2) is 18.0 Å². The molecule has 0 atom stereocenters. The van der Waals surface area contributed by atoms with Gasteiger partial charge in [0.25, 0.3) is 0 Å². The summed E-state index contributed by atoms with van der Waals surface area (Å²) >= 11 is 0. The van der Waals surface area contributed by atoms with Crippen LogP contribution in [0.25, 0.3) is 93.2 Å². The van der Waals surface area contributed by atoms with E-state index in [4.69, 9.17) is 4.98 Å². The highest BCUT2D eigenvalue weighted by molar-refractivity contribution is 7.92. The van der Waals surface area contributed by atoms with E-state index < -0.39 is 9.84 Å². The summed E-state index contributed by atoms with van der Waals surface area (Å²) < 4.78 is 30.7. The van der Waals surface area contributed by atoms with Gasteiger partial charge in [0.2, 0.25) is 9.84 Å². The van der Waals surface area contributed by atoms with Gasteiger partial charge >= 0.3 is 0 Å². The Morgan fingerprint density at radius 3 is 1.70 bits per heavy atom. The Morgan fingerprint density at radius 1 is 0.481 bits per heavy atom. The number of benzene rings is 9. The molecule has 0 N–H and O–H groups in total. The Kier molecular flexibility index (Phi) is 6.59. The summed E-state index contributed by atoms with van der Waals surface area (Å²) in [6.07, 6.45) is 0.686. The second-order valence-corrected chi connectivity index (χ2v) is 16.1. The van der Waals surface area contributed by atoms with Crippen molar-refractivity contribution in [3.8, 4) is 39.1 Å². The van der Waals surface area contributed by atoms with Crippen molar-refractivity contribution in [1.82, 2.24) is 9.55 Å². The summed E-state index contributed by atoms with van der Waals surface area (Å²) in [5.41, 5.74) is 8.45. The molecule has 2 heterocycles. The average molecular weight is 713 g/mol. The first kappa shape index (κ1) is 31.0. The zero-order valence-corrected chi connectivity index (χ0v) is 30.2. The van der Waals surface area contributed by atoms with Gasteiger partial charge in [0.1, 0.15) is 5.82 Å². The van der Waals surface area contributed by atoms with E-state index in [-0.39, 0.29) is 0 Å². The normalized spacial score (nSPS) is 13.3. The molecule has 0 unspecified atom stereocenters. The SMILES string of the molecule is CCc1nc2cccc3c2n1-c1ccc(-c2ccc4c(-c5ccc6ccccc6c5)c5ccccc5c(-c5ccc6ccccc6c5)c4c2)cc1S3(=O)=O. The Balaban J connectivity index is 1.20. The zero-order valence-electron chi connectivity index (χ0n) is 29.4. The Bertz CT molecular complexity index is 3340. The highest BCUT2D eigenvalue weighted by Crippen LogP contribution is 2.47. The third-order valence-electron chi connectivity index (χ3n) is 11.2. The number of nitrogens with zero attached hydrogens (tertiary/aromatic N) is 2. The maximum absolute atomic E-state index is 14.3. The van der Waals surface area contributed by atoms with Crippen LogP contribution in [0.15, 0.2) is 174 Å². The van der Waals surface area contributed by atoms with E-state index in [2.05, 4.69) is 140 Å². The predicted molar refractivity (Wildman–Crippen MR) is 222 cm³/mol. The van der Waals surface area contributed by atoms with Gasteiger partial charge < -0.3 is 0 Å². The summed E-state index contributed by atoms with van der Waals surface area (Å²) in [5, 5.41) is 9.39. The number of hydrogen-bond donors (Lipinski definition) is 0. The number of aromatic nitrogens is 2. The first-order chi connectivity index (χ1) is 26.5. The number of aryl methyl sites for hydroxylation is 1. The third-order valence-corrected chi connectivity index (χ3v) is 13.1. The van der Waals surface area contributed by atoms with E-state index in [0.29, 0.717) is 32.9 Å². The molecule has 54 heavy (non-hydrogen) atoms. The van der Waals surface area contributed by atoms with Gasteiger partial charge in [0, 0.05) is 6.42 Å². The van der Waals surface area contributed by atoms with Gasteiger partial charge in [-0.05, 0) is 119 Å². The molecule has 10 aromatic rings. The van der Waals surface area contributed by atoms with Crippen molar-refractivity contribution >= 4 is 64.0 Å². The fourth-order valence-corrected chi connectivity index (χ4v) is 10.4. The summed E-state index contributed by atoms with van der Waals surface area (Å²) in [4.78, 5) is 5.42. The summed E-state index contributed by atoms with van der Waals surface area (Å²) in [7, 11) is -3.80. The fourth-order valence-electron chi connectivity index (χ4n) is 8.74. The molecule has 0 bridgehead atoms. The van der Waals surface area contributed by atoms with Crippen LogP contribution in [0.2, 0.25) is 0 Å². The van der Waals surface area contributed by atoms with Crippen LogP contribution >= 0.6 is 0 Å². The molecule has 0 saturated carbocycles. The first-order valence-electron chi connectivity index (χ1n) is 18.3. The molecule has 0 radical (unpaired) electrons. The maximum Gasteiger partial charge on any atom is 0.210 e. The number of rotatable bonds is 4. The second-order valence-electron chi connectivity index (χ2n) is 14.2. The highest BCUT2D eigenvalue weighted by atomic mass is 32.2. The van der Waals surface area contributed by atoms with Crippen LogP contribution in [-0.2, 0) is 16.3 Å². The van der Waals surface area contributed by atoms with Crippen LogP contribution in [0, 0.1) is 0 Å². The molecule has 1 aromatic heterocycles. The summed E-state index contributed by atoms with van der Waals surface area (Å²) in [5.74, 6) is 0.847. The lowest BCUT2D eigenvalue weighted by molar-refractivity contribution is 0.594. The molecule has 256 valence electrons. The minimum absolute atomic E-state index is 0.304. The van der Waals surface area contributed by atoms with Crippen molar-refractivity contribution < 1.29 is 8.42 Å². The molecule has 1 aliphatic heterocycles. The lowest BCUT2D eigenvalue weighted by Gasteiger charge is -2.22. The first-order valence-corrected chi connectivity index (χ1v) is 19.8. The Hall–Kier alpha value is -6.56. The van der Waals surface area contributed by atoms with Crippen molar-refractivity contribution in [2.24, 2.45) is 0 Å². The van der Waals surface area contributed by atoms with Crippen LogP contribution < -0.4 is 0 Å². The van der Waals surface area contributed by atoms with E-state index in [0.717, 1.165) is 44.4 Å². The van der Waals surface area contributed by atoms with Gasteiger partial charge in [-0.1, -0.05) is 128 Å². The van der Waals surface area contributed by atoms with Crippen molar-refractivity contribution in [3.63, 3.8) is 0 Å². The Morgan fingerprint density at radius 2 is 1.04 bits per heavy atom. The number of sulfone groups is 1. The smallest absolute Gasteiger partial charge is 0.210 e. The average Bonchev–Trinajstić information content (AvgIpc) is 3.60. The molecular weight excluding hydrogens is 681 g/mol. The molecule has 0 amide bonds. The number of fused-ring (bicyclic) bond motifs is 6. The lowest BCUT2D eigenvalue weighted by Crippen LogP contribution is -2.16. The van der Waals surface area contributed by atoms with Crippen LogP contribution in [0.1, 0.15) is 12.7 Å². The molecule has 5 heteroatoms. The van der Waals surface area contributed by atoms with E-state index in [1.54, 1.807) is 12.1 Å². The van der Waals surface area contributed by atoms with Gasteiger partial charge in [-0.3, -0.25) is 4.57 Å². The van der Waals surface area contributed by atoms with E-state index in [1.165, 1.54) is 37.9 Å². The van der Waals surface area contributed by atoms with Gasteiger partial charge in [-0.2, -0.15) is 0 Å². The van der Waals surface area contributed by atoms with Gasteiger partial charge in [0.15, 0.2) is 0 Å². The molecule has 9 aromatic carbocycles. The van der Waals surface area contributed by atoms with Gasteiger partial charge in [0.05, 0.1) is 26.5 Å². The monoisotopic (exact) mass is 712 g/mol. The molecule has 0 saturated heterocycles. The van der Waals surface area contributed by atoms with E-state index in [1.807, 2.05) is 22.8 Å². The number of para-hydroxylation sites is 1. The predicted octanol–water partition coefficient (Wildman–Crippen LogP) is 12.3. The van der Waals surface area contributed by atoms with Crippen molar-refractivity contribution in [2.75, 3.05) is 0 Å². The number of hydrogen-bond acceptors (Lipinski definition) is 3. The molecule has 4 nitrogen and oxygen atoms in total.